The SMILES string of the molecule is CC1(C)CC(Nc2ccnc(F)c2)CCO1. The predicted molar refractivity (Wildman–Crippen MR) is 60.9 cm³/mol. The summed E-state index contributed by atoms with van der Waals surface area (Å²) in [5.74, 6) is -0.448. The summed E-state index contributed by atoms with van der Waals surface area (Å²) in [5, 5.41) is 3.32. The number of ether oxygens (including phenoxy) is 1. The lowest BCUT2D eigenvalue weighted by Crippen LogP contribution is -2.40. The predicted octanol–water partition coefficient (Wildman–Crippen LogP) is 2.59. The van der Waals surface area contributed by atoms with Crippen LogP contribution in [0.2, 0.25) is 0 Å². The van der Waals surface area contributed by atoms with E-state index < -0.39 is 5.95 Å². The van der Waals surface area contributed by atoms with Crippen molar-refractivity contribution in [1.29, 1.82) is 0 Å². The summed E-state index contributed by atoms with van der Waals surface area (Å²) in [6, 6.07) is 3.54. The second-order valence-corrected chi connectivity index (χ2v) is 4.81. The molecule has 0 radical (unpaired) electrons. The van der Waals surface area contributed by atoms with Gasteiger partial charge in [-0.1, -0.05) is 0 Å². The Morgan fingerprint density at radius 2 is 2.38 bits per heavy atom. The average Bonchev–Trinajstić information content (AvgIpc) is 2.15. The Bertz CT molecular complexity index is 368. The third kappa shape index (κ3) is 2.92. The lowest BCUT2D eigenvalue weighted by atomic mass is 9.94. The van der Waals surface area contributed by atoms with Crippen LogP contribution < -0.4 is 5.32 Å². The minimum atomic E-state index is -0.448. The molecule has 0 aliphatic carbocycles. The summed E-state index contributed by atoms with van der Waals surface area (Å²) in [4.78, 5) is 3.53. The Labute approximate surface area is 95.0 Å². The van der Waals surface area contributed by atoms with Crippen molar-refractivity contribution in [2.45, 2.75) is 38.3 Å². The molecule has 2 rings (SSSR count). The van der Waals surface area contributed by atoms with Crippen LogP contribution in [0.25, 0.3) is 0 Å². The molecule has 1 atom stereocenters. The molecule has 0 aromatic carbocycles. The zero-order valence-corrected chi connectivity index (χ0v) is 9.66. The van der Waals surface area contributed by atoms with Gasteiger partial charge in [0.15, 0.2) is 0 Å². The van der Waals surface area contributed by atoms with Crippen molar-refractivity contribution in [3.63, 3.8) is 0 Å². The van der Waals surface area contributed by atoms with E-state index in [0.29, 0.717) is 6.04 Å². The molecule has 0 bridgehead atoms. The monoisotopic (exact) mass is 224 g/mol. The van der Waals surface area contributed by atoms with Gasteiger partial charge in [-0.2, -0.15) is 4.39 Å². The maximum atomic E-state index is 12.9. The first-order valence-corrected chi connectivity index (χ1v) is 5.57. The average molecular weight is 224 g/mol. The maximum Gasteiger partial charge on any atom is 0.214 e. The van der Waals surface area contributed by atoms with Crippen LogP contribution >= 0.6 is 0 Å². The van der Waals surface area contributed by atoms with Crippen molar-refractivity contribution < 1.29 is 9.13 Å². The molecule has 88 valence electrons. The molecule has 1 saturated heterocycles. The second-order valence-electron chi connectivity index (χ2n) is 4.81. The van der Waals surface area contributed by atoms with E-state index in [1.807, 2.05) is 0 Å². The summed E-state index contributed by atoms with van der Waals surface area (Å²) in [6.07, 6.45) is 3.35. The molecule has 1 aliphatic heterocycles. The standard InChI is InChI=1S/C12H17FN2O/c1-12(2)8-10(4-6-16-12)15-9-3-5-14-11(13)7-9/h3,5,7,10H,4,6,8H2,1-2H3,(H,14,15). The van der Waals surface area contributed by atoms with Gasteiger partial charge in [-0.25, -0.2) is 4.98 Å². The zero-order chi connectivity index (χ0) is 11.6. The molecule has 1 N–H and O–H groups in total. The molecule has 1 aliphatic rings. The molecule has 16 heavy (non-hydrogen) atoms. The molecule has 1 aromatic heterocycles. The first kappa shape index (κ1) is 11.3. The zero-order valence-electron chi connectivity index (χ0n) is 9.66. The smallest absolute Gasteiger partial charge is 0.214 e. The number of nitrogens with one attached hydrogen (secondary N) is 1. The summed E-state index contributed by atoms with van der Waals surface area (Å²) in [6.45, 7) is 4.90. The molecule has 1 fully saturated rings. The van der Waals surface area contributed by atoms with E-state index in [1.54, 1.807) is 6.07 Å². The van der Waals surface area contributed by atoms with Gasteiger partial charge in [0, 0.05) is 30.6 Å². The number of aromatic nitrogens is 1. The number of hydrogen-bond donors (Lipinski definition) is 1. The highest BCUT2D eigenvalue weighted by molar-refractivity contribution is 5.42. The largest absolute Gasteiger partial charge is 0.382 e. The number of anilines is 1. The lowest BCUT2D eigenvalue weighted by Gasteiger charge is -2.36. The lowest BCUT2D eigenvalue weighted by molar-refractivity contribution is -0.0553. The molecule has 2 heterocycles. The number of halogens is 1. The molecular weight excluding hydrogens is 207 g/mol. The van der Waals surface area contributed by atoms with Crippen molar-refractivity contribution in [2.75, 3.05) is 11.9 Å². The minimum absolute atomic E-state index is 0.0957. The summed E-state index contributed by atoms with van der Waals surface area (Å²) >= 11 is 0. The first-order chi connectivity index (χ1) is 7.55. The van der Waals surface area contributed by atoms with Crippen LogP contribution in [0.5, 0.6) is 0 Å². The Balaban J connectivity index is 1.99. The Kier molecular flexibility index (Phi) is 3.10. The van der Waals surface area contributed by atoms with Gasteiger partial charge in [-0.3, -0.25) is 0 Å². The molecule has 0 amide bonds. The summed E-state index contributed by atoms with van der Waals surface area (Å²) in [7, 11) is 0. The van der Waals surface area contributed by atoms with Crippen LogP contribution in [0.3, 0.4) is 0 Å². The fourth-order valence-corrected chi connectivity index (χ4v) is 2.08. The number of pyridine rings is 1. The number of nitrogens with zero attached hydrogens (tertiary/aromatic N) is 1. The van der Waals surface area contributed by atoms with Gasteiger partial charge in [-0.15, -0.1) is 0 Å². The Morgan fingerprint density at radius 1 is 1.56 bits per heavy atom. The highest BCUT2D eigenvalue weighted by atomic mass is 19.1. The van der Waals surface area contributed by atoms with E-state index in [2.05, 4.69) is 24.1 Å². The molecule has 1 aromatic rings. The van der Waals surface area contributed by atoms with Crippen LogP contribution in [0.4, 0.5) is 10.1 Å². The molecule has 3 nitrogen and oxygen atoms in total. The van der Waals surface area contributed by atoms with Gasteiger partial charge in [0.1, 0.15) is 0 Å². The maximum absolute atomic E-state index is 12.9. The van der Waals surface area contributed by atoms with Crippen LogP contribution in [-0.2, 0) is 4.74 Å². The van der Waals surface area contributed by atoms with Crippen molar-refractivity contribution >= 4 is 5.69 Å². The van der Waals surface area contributed by atoms with Gasteiger partial charge in [-0.05, 0) is 32.8 Å². The van der Waals surface area contributed by atoms with Crippen molar-refractivity contribution in [2.24, 2.45) is 0 Å². The van der Waals surface area contributed by atoms with Crippen molar-refractivity contribution in [1.82, 2.24) is 4.98 Å². The Morgan fingerprint density at radius 3 is 3.06 bits per heavy atom. The van der Waals surface area contributed by atoms with Crippen molar-refractivity contribution in [3.8, 4) is 0 Å². The fraction of sp³-hybridized carbons (Fsp3) is 0.583. The number of rotatable bonds is 2. The third-order valence-electron chi connectivity index (χ3n) is 2.79. The van der Waals surface area contributed by atoms with E-state index in [-0.39, 0.29) is 5.60 Å². The quantitative estimate of drug-likeness (QED) is 0.784. The summed E-state index contributed by atoms with van der Waals surface area (Å²) < 4.78 is 18.5. The van der Waals surface area contributed by atoms with Gasteiger partial charge in [0.05, 0.1) is 5.60 Å². The van der Waals surface area contributed by atoms with Gasteiger partial charge in [0.2, 0.25) is 5.95 Å². The van der Waals surface area contributed by atoms with Crippen LogP contribution in [-0.4, -0.2) is 23.2 Å². The summed E-state index contributed by atoms with van der Waals surface area (Å²) in [5.41, 5.74) is 0.691. The molecular formula is C12H17FN2O. The highest BCUT2D eigenvalue weighted by Gasteiger charge is 2.28. The minimum Gasteiger partial charge on any atom is -0.382 e. The molecule has 1 unspecified atom stereocenters. The molecule has 0 saturated carbocycles. The highest BCUT2D eigenvalue weighted by Crippen LogP contribution is 2.26. The van der Waals surface area contributed by atoms with E-state index in [4.69, 9.17) is 4.74 Å². The van der Waals surface area contributed by atoms with Gasteiger partial charge < -0.3 is 10.1 Å². The first-order valence-electron chi connectivity index (χ1n) is 5.57. The third-order valence-corrected chi connectivity index (χ3v) is 2.79. The van der Waals surface area contributed by atoms with E-state index in [0.717, 1.165) is 25.1 Å². The normalized spacial score (nSPS) is 24.1. The van der Waals surface area contributed by atoms with Gasteiger partial charge in [0.25, 0.3) is 0 Å². The molecule has 0 spiro atoms. The fourth-order valence-electron chi connectivity index (χ4n) is 2.08. The van der Waals surface area contributed by atoms with E-state index in [1.165, 1.54) is 12.3 Å². The van der Waals surface area contributed by atoms with Crippen LogP contribution in [0.1, 0.15) is 26.7 Å². The molecule has 4 heteroatoms. The second kappa shape index (κ2) is 4.37. The van der Waals surface area contributed by atoms with Crippen LogP contribution in [0.15, 0.2) is 18.3 Å². The van der Waals surface area contributed by atoms with Gasteiger partial charge >= 0.3 is 0 Å². The number of hydrogen-bond acceptors (Lipinski definition) is 3. The van der Waals surface area contributed by atoms with E-state index >= 15 is 0 Å². The topological polar surface area (TPSA) is 34.2 Å². The van der Waals surface area contributed by atoms with Crippen molar-refractivity contribution in [3.05, 3.63) is 24.3 Å². The Hall–Kier alpha value is -1.16. The van der Waals surface area contributed by atoms with Crippen LogP contribution in [0, 0.1) is 5.95 Å². The van der Waals surface area contributed by atoms with E-state index in [9.17, 15) is 4.39 Å².